The third-order valence-corrected chi connectivity index (χ3v) is 4.12. The molecular weight excluding hydrogens is 236 g/mol. The first-order chi connectivity index (χ1) is 8.95. The minimum absolute atomic E-state index is 0.0531. The fourth-order valence-corrected chi connectivity index (χ4v) is 3.40. The Bertz CT molecular complexity index is 505. The standard InChI is InChI=1S/C17H22O2/c1-5-6-13-9-14(18)16(17(13)19)15-11(3)7-10(2)8-12(15)4/h7-8,13,16H,5-6,9H2,1-4H3. The molecule has 2 rings (SSSR count). The summed E-state index contributed by atoms with van der Waals surface area (Å²) in [5.74, 6) is -0.305. The molecule has 1 aliphatic rings. The van der Waals surface area contributed by atoms with Gasteiger partial charge in [0.15, 0.2) is 5.78 Å². The van der Waals surface area contributed by atoms with E-state index in [1.807, 2.05) is 20.8 Å². The zero-order valence-electron chi connectivity index (χ0n) is 12.2. The van der Waals surface area contributed by atoms with Crippen LogP contribution in [0.4, 0.5) is 0 Å². The van der Waals surface area contributed by atoms with E-state index in [1.165, 1.54) is 5.56 Å². The van der Waals surface area contributed by atoms with Gasteiger partial charge in [-0.2, -0.15) is 0 Å². The second-order valence-corrected chi connectivity index (χ2v) is 5.80. The molecule has 0 bridgehead atoms. The number of hydrogen-bond donors (Lipinski definition) is 0. The van der Waals surface area contributed by atoms with Crippen LogP contribution in [0, 0.1) is 26.7 Å². The molecule has 0 amide bonds. The van der Waals surface area contributed by atoms with Crippen LogP contribution in [0.2, 0.25) is 0 Å². The van der Waals surface area contributed by atoms with Crippen molar-refractivity contribution in [2.24, 2.45) is 5.92 Å². The highest BCUT2D eigenvalue weighted by Crippen LogP contribution is 2.37. The highest BCUT2D eigenvalue weighted by Gasteiger charge is 2.42. The lowest BCUT2D eigenvalue weighted by Crippen LogP contribution is -2.17. The van der Waals surface area contributed by atoms with Crippen molar-refractivity contribution in [3.05, 3.63) is 34.4 Å². The highest BCUT2D eigenvalue weighted by atomic mass is 16.2. The predicted molar refractivity (Wildman–Crippen MR) is 76.4 cm³/mol. The van der Waals surface area contributed by atoms with E-state index in [1.54, 1.807) is 0 Å². The third-order valence-electron chi connectivity index (χ3n) is 4.12. The first-order valence-electron chi connectivity index (χ1n) is 7.09. The fraction of sp³-hybridized carbons (Fsp3) is 0.529. The fourth-order valence-electron chi connectivity index (χ4n) is 3.40. The first-order valence-corrected chi connectivity index (χ1v) is 7.09. The predicted octanol–water partition coefficient (Wildman–Crippen LogP) is 3.65. The van der Waals surface area contributed by atoms with Gasteiger partial charge in [-0.25, -0.2) is 0 Å². The SMILES string of the molecule is CCCC1CC(=O)C(c2c(C)cc(C)cc2C)C1=O. The Balaban J connectivity index is 2.42. The van der Waals surface area contributed by atoms with Crippen molar-refractivity contribution in [3.8, 4) is 0 Å². The average molecular weight is 258 g/mol. The van der Waals surface area contributed by atoms with Gasteiger partial charge in [-0.05, 0) is 43.9 Å². The molecule has 1 aromatic carbocycles. The number of benzene rings is 1. The third kappa shape index (κ3) is 2.49. The van der Waals surface area contributed by atoms with E-state index in [-0.39, 0.29) is 17.5 Å². The largest absolute Gasteiger partial charge is 0.298 e. The lowest BCUT2D eigenvalue weighted by atomic mass is 9.86. The molecule has 1 aliphatic carbocycles. The van der Waals surface area contributed by atoms with E-state index >= 15 is 0 Å². The summed E-state index contributed by atoms with van der Waals surface area (Å²) < 4.78 is 0. The van der Waals surface area contributed by atoms with E-state index in [0.29, 0.717) is 6.42 Å². The van der Waals surface area contributed by atoms with Crippen LogP contribution in [0.25, 0.3) is 0 Å². The van der Waals surface area contributed by atoms with E-state index in [0.717, 1.165) is 29.5 Å². The van der Waals surface area contributed by atoms with Crippen LogP contribution in [0.15, 0.2) is 12.1 Å². The zero-order valence-corrected chi connectivity index (χ0v) is 12.2. The molecule has 2 atom stereocenters. The Hall–Kier alpha value is -1.44. The smallest absolute Gasteiger partial charge is 0.151 e. The van der Waals surface area contributed by atoms with Crippen LogP contribution in [-0.4, -0.2) is 11.6 Å². The van der Waals surface area contributed by atoms with Gasteiger partial charge in [0.2, 0.25) is 0 Å². The van der Waals surface area contributed by atoms with Gasteiger partial charge >= 0.3 is 0 Å². The van der Waals surface area contributed by atoms with Crippen molar-refractivity contribution in [1.29, 1.82) is 0 Å². The second kappa shape index (κ2) is 5.28. The maximum atomic E-state index is 12.5. The van der Waals surface area contributed by atoms with Crippen molar-refractivity contribution in [2.45, 2.75) is 52.9 Å². The summed E-state index contributed by atoms with van der Waals surface area (Å²) >= 11 is 0. The van der Waals surface area contributed by atoms with Gasteiger partial charge in [-0.3, -0.25) is 9.59 Å². The Morgan fingerprint density at radius 1 is 1.11 bits per heavy atom. The van der Waals surface area contributed by atoms with E-state index in [4.69, 9.17) is 0 Å². The van der Waals surface area contributed by atoms with E-state index in [2.05, 4.69) is 19.1 Å². The minimum atomic E-state index is -0.503. The molecule has 1 saturated carbocycles. The molecule has 0 aliphatic heterocycles. The minimum Gasteiger partial charge on any atom is -0.298 e. The molecule has 0 spiro atoms. The Morgan fingerprint density at radius 2 is 1.68 bits per heavy atom. The number of carbonyl (C=O) groups excluding carboxylic acids is 2. The summed E-state index contributed by atoms with van der Waals surface area (Å²) in [5, 5.41) is 0. The molecule has 2 unspecified atom stereocenters. The highest BCUT2D eigenvalue weighted by molar-refractivity contribution is 6.14. The molecular formula is C17H22O2. The van der Waals surface area contributed by atoms with Crippen molar-refractivity contribution < 1.29 is 9.59 Å². The lowest BCUT2D eigenvalue weighted by Gasteiger charge is -2.16. The first kappa shape index (κ1) is 14.0. The van der Waals surface area contributed by atoms with Gasteiger partial charge in [0.1, 0.15) is 11.7 Å². The molecule has 0 saturated heterocycles. The van der Waals surface area contributed by atoms with Crippen molar-refractivity contribution in [3.63, 3.8) is 0 Å². The molecule has 2 nitrogen and oxygen atoms in total. The van der Waals surface area contributed by atoms with Gasteiger partial charge < -0.3 is 0 Å². The number of carbonyl (C=O) groups is 2. The Morgan fingerprint density at radius 3 is 2.21 bits per heavy atom. The number of ketones is 2. The summed E-state index contributed by atoms with van der Waals surface area (Å²) in [7, 11) is 0. The topological polar surface area (TPSA) is 34.1 Å². The molecule has 2 heteroatoms. The monoisotopic (exact) mass is 258 g/mol. The van der Waals surface area contributed by atoms with Crippen molar-refractivity contribution in [1.82, 2.24) is 0 Å². The van der Waals surface area contributed by atoms with Crippen molar-refractivity contribution in [2.75, 3.05) is 0 Å². The van der Waals surface area contributed by atoms with Crippen LogP contribution in [0.1, 0.15) is 54.4 Å². The Labute approximate surface area is 115 Å². The van der Waals surface area contributed by atoms with Crippen molar-refractivity contribution >= 4 is 11.6 Å². The second-order valence-electron chi connectivity index (χ2n) is 5.80. The number of Topliss-reactive ketones (excluding diaryl/α,β-unsaturated/α-hetero) is 2. The molecule has 19 heavy (non-hydrogen) atoms. The molecule has 0 N–H and O–H groups in total. The molecule has 0 radical (unpaired) electrons. The van der Waals surface area contributed by atoms with E-state index in [9.17, 15) is 9.59 Å². The average Bonchev–Trinajstić information content (AvgIpc) is 2.56. The lowest BCUT2D eigenvalue weighted by molar-refractivity contribution is -0.124. The van der Waals surface area contributed by atoms with Crippen LogP contribution < -0.4 is 0 Å². The summed E-state index contributed by atoms with van der Waals surface area (Å²) in [5.41, 5.74) is 4.28. The summed E-state index contributed by atoms with van der Waals surface area (Å²) in [6, 6.07) is 4.13. The normalized spacial score (nSPS) is 23.2. The van der Waals surface area contributed by atoms with Gasteiger partial charge in [0.05, 0.1) is 0 Å². The quantitative estimate of drug-likeness (QED) is 0.775. The van der Waals surface area contributed by atoms with E-state index < -0.39 is 5.92 Å². The van der Waals surface area contributed by atoms with Crippen LogP contribution in [-0.2, 0) is 9.59 Å². The molecule has 0 heterocycles. The van der Waals surface area contributed by atoms with Crippen LogP contribution in [0.5, 0.6) is 0 Å². The number of aryl methyl sites for hydroxylation is 3. The maximum Gasteiger partial charge on any atom is 0.151 e. The molecule has 1 aromatic rings. The maximum absolute atomic E-state index is 12.5. The van der Waals surface area contributed by atoms with Gasteiger partial charge in [-0.15, -0.1) is 0 Å². The van der Waals surface area contributed by atoms with Crippen LogP contribution in [0.3, 0.4) is 0 Å². The number of rotatable bonds is 3. The number of hydrogen-bond acceptors (Lipinski definition) is 2. The summed E-state index contributed by atoms with van der Waals surface area (Å²) in [4.78, 5) is 24.7. The van der Waals surface area contributed by atoms with Gasteiger partial charge in [0, 0.05) is 12.3 Å². The summed E-state index contributed by atoms with van der Waals surface area (Å²) in [6.07, 6.45) is 2.23. The molecule has 0 aromatic heterocycles. The van der Waals surface area contributed by atoms with Gasteiger partial charge in [0.25, 0.3) is 0 Å². The Kier molecular flexibility index (Phi) is 3.88. The van der Waals surface area contributed by atoms with Gasteiger partial charge in [-0.1, -0.05) is 31.0 Å². The zero-order chi connectivity index (χ0) is 14.2. The molecule has 102 valence electrons. The molecule has 1 fully saturated rings. The summed E-state index contributed by atoms with van der Waals surface area (Å²) in [6.45, 7) is 8.11. The van der Waals surface area contributed by atoms with Crippen LogP contribution >= 0.6 is 0 Å².